The molecule has 7 heteroatoms. The van der Waals surface area contributed by atoms with Crippen molar-refractivity contribution < 1.29 is 4.79 Å². The fourth-order valence-corrected chi connectivity index (χ4v) is 1.57. The van der Waals surface area contributed by atoms with E-state index < -0.39 is 0 Å². The van der Waals surface area contributed by atoms with Crippen LogP contribution in [0.1, 0.15) is 12.8 Å². The van der Waals surface area contributed by atoms with Gasteiger partial charge < -0.3 is 11.1 Å². The van der Waals surface area contributed by atoms with Gasteiger partial charge >= 0.3 is 0 Å². The van der Waals surface area contributed by atoms with Crippen molar-refractivity contribution in [2.24, 2.45) is 0 Å². The van der Waals surface area contributed by atoms with Crippen molar-refractivity contribution in [3.63, 3.8) is 0 Å². The molecular formula is C7H11N5OS. The molecule has 76 valence electrons. The minimum Gasteiger partial charge on any atom is -0.368 e. The SMILES string of the molecule is Nc1nc(SCC(=O)NC2CC2)n[nH]1. The molecule has 0 aliphatic heterocycles. The Hall–Kier alpha value is -1.24. The van der Waals surface area contributed by atoms with Gasteiger partial charge in [-0.15, -0.1) is 5.10 Å². The molecule has 1 aliphatic rings. The van der Waals surface area contributed by atoms with E-state index in [-0.39, 0.29) is 11.9 Å². The summed E-state index contributed by atoms with van der Waals surface area (Å²) in [6.07, 6.45) is 2.20. The predicted molar refractivity (Wildman–Crippen MR) is 52.7 cm³/mol. The molecule has 1 aromatic heterocycles. The third-order valence-electron chi connectivity index (χ3n) is 1.76. The number of thioether (sulfide) groups is 1. The second kappa shape index (κ2) is 3.87. The summed E-state index contributed by atoms with van der Waals surface area (Å²) in [6.45, 7) is 0. The first kappa shape index (κ1) is 9.32. The van der Waals surface area contributed by atoms with Gasteiger partial charge in [0, 0.05) is 6.04 Å². The molecule has 0 spiro atoms. The van der Waals surface area contributed by atoms with Crippen LogP contribution in [0.5, 0.6) is 0 Å². The third kappa shape index (κ3) is 2.63. The van der Waals surface area contributed by atoms with Gasteiger partial charge in [-0.3, -0.25) is 4.79 Å². The van der Waals surface area contributed by atoms with Gasteiger partial charge in [0.2, 0.25) is 17.0 Å². The lowest BCUT2D eigenvalue weighted by Gasteiger charge is -1.99. The highest BCUT2D eigenvalue weighted by molar-refractivity contribution is 7.99. The fraction of sp³-hybridized carbons (Fsp3) is 0.571. The van der Waals surface area contributed by atoms with E-state index in [9.17, 15) is 4.79 Å². The Balaban J connectivity index is 1.73. The second-order valence-electron chi connectivity index (χ2n) is 3.13. The number of hydrogen-bond acceptors (Lipinski definition) is 5. The lowest BCUT2D eigenvalue weighted by Crippen LogP contribution is -2.27. The number of anilines is 1. The van der Waals surface area contributed by atoms with Gasteiger partial charge in [-0.25, -0.2) is 5.10 Å². The quantitative estimate of drug-likeness (QED) is 0.600. The molecule has 0 saturated heterocycles. The summed E-state index contributed by atoms with van der Waals surface area (Å²) in [6, 6.07) is 0.403. The van der Waals surface area contributed by atoms with Gasteiger partial charge in [-0.2, -0.15) is 4.98 Å². The summed E-state index contributed by atoms with van der Waals surface area (Å²) in [4.78, 5) is 15.1. The van der Waals surface area contributed by atoms with Crippen LogP contribution in [0.3, 0.4) is 0 Å². The number of hydrogen-bond donors (Lipinski definition) is 3. The van der Waals surface area contributed by atoms with E-state index in [2.05, 4.69) is 20.5 Å². The predicted octanol–water partition coefficient (Wildman–Crippen LogP) is -0.242. The fourth-order valence-electron chi connectivity index (χ4n) is 0.950. The number of amides is 1. The van der Waals surface area contributed by atoms with E-state index in [0.29, 0.717) is 17.0 Å². The van der Waals surface area contributed by atoms with E-state index in [1.54, 1.807) is 0 Å². The first-order valence-electron chi connectivity index (χ1n) is 4.34. The van der Waals surface area contributed by atoms with Gasteiger partial charge in [0.05, 0.1) is 5.75 Å². The molecule has 0 aromatic carbocycles. The van der Waals surface area contributed by atoms with Gasteiger partial charge in [0.25, 0.3) is 0 Å². The number of nitrogens with two attached hydrogens (primary N) is 1. The molecule has 0 bridgehead atoms. The number of H-pyrrole nitrogens is 1. The average Bonchev–Trinajstić information content (AvgIpc) is 2.85. The molecule has 0 radical (unpaired) electrons. The standard InChI is InChI=1S/C7H11N5OS/c8-6-10-7(12-11-6)14-3-5(13)9-4-1-2-4/h4H,1-3H2,(H,9,13)(H3,8,10,11,12). The molecule has 4 N–H and O–H groups in total. The molecule has 14 heavy (non-hydrogen) atoms. The largest absolute Gasteiger partial charge is 0.368 e. The maximum Gasteiger partial charge on any atom is 0.230 e. The lowest BCUT2D eigenvalue weighted by molar-refractivity contribution is -0.118. The summed E-state index contributed by atoms with van der Waals surface area (Å²) >= 11 is 1.27. The van der Waals surface area contributed by atoms with Crippen LogP contribution >= 0.6 is 11.8 Å². The highest BCUT2D eigenvalue weighted by Crippen LogP contribution is 2.19. The molecule has 1 aliphatic carbocycles. The highest BCUT2D eigenvalue weighted by atomic mass is 32.2. The summed E-state index contributed by atoms with van der Waals surface area (Å²) < 4.78 is 0. The Morgan fingerprint density at radius 2 is 2.50 bits per heavy atom. The molecule has 1 heterocycles. The number of aromatic amines is 1. The minimum absolute atomic E-state index is 0.0286. The number of rotatable bonds is 4. The van der Waals surface area contributed by atoms with E-state index in [1.165, 1.54) is 11.8 Å². The van der Waals surface area contributed by atoms with Crippen molar-refractivity contribution in [1.82, 2.24) is 20.5 Å². The normalized spacial score (nSPS) is 15.4. The first-order chi connectivity index (χ1) is 6.74. The van der Waals surface area contributed by atoms with Crippen molar-refractivity contribution in [3.05, 3.63) is 0 Å². The third-order valence-corrected chi connectivity index (χ3v) is 2.60. The number of carbonyl (C=O) groups is 1. The molecule has 1 fully saturated rings. The topological polar surface area (TPSA) is 96.7 Å². The summed E-state index contributed by atoms with van der Waals surface area (Å²) in [5.41, 5.74) is 5.33. The smallest absolute Gasteiger partial charge is 0.230 e. The van der Waals surface area contributed by atoms with Crippen LogP contribution in [0.15, 0.2) is 5.16 Å². The number of aromatic nitrogens is 3. The Kier molecular flexibility index (Phi) is 2.58. The summed E-state index contributed by atoms with van der Waals surface area (Å²) in [7, 11) is 0. The number of nitrogens with one attached hydrogen (secondary N) is 2. The van der Waals surface area contributed by atoms with Crippen molar-refractivity contribution in [2.45, 2.75) is 24.0 Å². The Morgan fingerprint density at radius 1 is 1.71 bits per heavy atom. The molecule has 0 unspecified atom stereocenters. The van der Waals surface area contributed by atoms with E-state index in [0.717, 1.165) is 12.8 Å². The monoisotopic (exact) mass is 213 g/mol. The Labute approximate surface area is 85.0 Å². The zero-order chi connectivity index (χ0) is 9.97. The zero-order valence-electron chi connectivity index (χ0n) is 7.49. The van der Waals surface area contributed by atoms with Crippen molar-refractivity contribution in [1.29, 1.82) is 0 Å². The maximum absolute atomic E-state index is 11.2. The van der Waals surface area contributed by atoms with Gasteiger partial charge in [0.1, 0.15) is 0 Å². The lowest BCUT2D eigenvalue weighted by atomic mass is 10.6. The number of carbonyl (C=O) groups excluding carboxylic acids is 1. The molecular weight excluding hydrogens is 202 g/mol. The Morgan fingerprint density at radius 3 is 3.07 bits per heavy atom. The van der Waals surface area contributed by atoms with E-state index >= 15 is 0 Å². The van der Waals surface area contributed by atoms with Gasteiger partial charge in [0.15, 0.2) is 0 Å². The van der Waals surface area contributed by atoms with E-state index in [4.69, 9.17) is 5.73 Å². The molecule has 1 aromatic rings. The number of nitrogen functional groups attached to an aromatic ring is 1. The maximum atomic E-state index is 11.2. The molecule has 0 atom stereocenters. The van der Waals surface area contributed by atoms with Crippen molar-refractivity contribution >= 4 is 23.6 Å². The van der Waals surface area contributed by atoms with Crippen molar-refractivity contribution in [3.8, 4) is 0 Å². The van der Waals surface area contributed by atoms with Crippen LogP contribution < -0.4 is 11.1 Å². The summed E-state index contributed by atoms with van der Waals surface area (Å²) in [5.74, 6) is 0.643. The van der Waals surface area contributed by atoms with Crippen LogP contribution in [-0.4, -0.2) is 32.9 Å². The summed E-state index contributed by atoms with van der Waals surface area (Å²) in [5, 5.41) is 9.70. The van der Waals surface area contributed by atoms with Crippen LogP contribution in [0.25, 0.3) is 0 Å². The zero-order valence-corrected chi connectivity index (χ0v) is 8.30. The first-order valence-corrected chi connectivity index (χ1v) is 5.32. The average molecular weight is 213 g/mol. The molecule has 1 amide bonds. The number of nitrogens with zero attached hydrogens (tertiary/aromatic N) is 2. The Bertz CT molecular complexity index is 335. The minimum atomic E-state index is 0.0286. The van der Waals surface area contributed by atoms with Crippen LogP contribution in [0.2, 0.25) is 0 Å². The highest BCUT2D eigenvalue weighted by Gasteiger charge is 2.23. The second-order valence-corrected chi connectivity index (χ2v) is 4.08. The van der Waals surface area contributed by atoms with E-state index in [1.807, 2.05) is 0 Å². The van der Waals surface area contributed by atoms with Crippen LogP contribution in [-0.2, 0) is 4.79 Å². The van der Waals surface area contributed by atoms with Gasteiger partial charge in [-0.05, 0) is 12.8 Å². The molecule has 6 nitrogen and oxygen atoms in total. The van der Waals surface area contributed by atoms with Crippen LogP contribution in [0.4, 0.5) is 5.95 Å². The van der Waals surface area contributed by atoms with Gasteiger partial charge in [-0.1, -0.05) is 11.8 Å². The molecule has 2 rings (SSSR count). The van der Waals surface area contributed by atoms with Crippen molar-refractivity contribution in [2.75, 3.05) is 11.5 Å². The molecule has 1 saturated carbocycles. The van der Waals surface area contributed by atoms with Crippen LogP contribution in [0, 0.1) is 0 Å².